The van der Waals surface area contributed by atoms with Gasteiger partial charge in [-0.1, -0.05) is 17.7 Å². The Morgan fingerprint density at radius 2 is 2.17 bits per heavy atom. The normalized spacial score (nSPS) is 17.6. The van der Waals surface area contributed by atoms with E-state index in [0.717, 1.165) is 31.6 Å². The third kappa shape index (κ3) is 3.03. The van der Waals surface area contributed by atoms with Crippen LogP contribution in [0.4, 0.5) is 4.39 Å². The lowest BCUT2D eigenvalue weighted by Crippen LogP contribution is -2.50. The van der Waals surface area contributed by atoms with Crippen LogP contribution < -0.4 is 10.1 Å². The summed E-state index contributed by atoms with van der Waals surface area (Å²) >= 11 is 6.24. The fourth-order valence-corrected chi connectivity index (χ4v) is 3.06. The molecule has 0 atom stereocenters. The molecule has 126 valence electrons. The third-order valence-corrected chi connectivity index (χ3v) is 4.76. The van der Waals surface area contributed by atoms with E-state index in [2.05, 4.69) is 15.5 Å². The van der Waals surface area contributed by atoms with Crippen LogP contribution in [0.2, 0.25) is 5.02 Å². The summed E-state index contributed by atoms with van der Waals surface area (Å²) in [6.45, 7) is 1.45. The first kappa shape index (κ1) is 15.6. The molecule has 7 heteroatoms. The molecule has 1 aromatic heterocycles. The van der Waals surface area contributed by atoms with Crippen LogP contribution in [0, 0.1) is 5.82 Å². The molecule has 0 amide bonds. The van der Waals surface area contributed by atoms with Crippen LogP contribution in [0.5, 0.6) is 5.75 Å². The van der Waals surface area contributed by atoms with Crippen molar-refractivity contribution in [1.29, 1.82) is 0 Å². The van der Waals surface area contributed by atoms with Crippen LogP contribution in [0.1, 0.15) is 40.5 Å². The molecule has 0 spiro atoms. The predicted octanol–water partition coefficient (Wildman–Crippen LogP) is 2.86. The van der Waals surface area contributed by atoms with Crippen molar-refractivity contribution in [3.8, 4) is 5.75 Å². The van der Waals surface area contributed by atoms with Crippen molar-refractivity contribution in [3.63, 3.8) is 0 Å². The molecule has 1 aliphatic carbocycles. The van der Waals surface area contributed by atoms with E-state index in [1.54, 1.807) is 12.1 Å². The fourth-order valence-electron chi connectivity index (χ4n) is 2.71. The van der Waals surface area contributed by atoms with Crippen molar-refractivity contribution in [1.82, 2.24) is 15.5 Å². The molecule has 5 nitrogen and oxygen atoms in total. The van der Waals surface area contributed by atoms with Gasteiger partial charge in [-0.3, -0.25) is 9.89 Å². The standard InChI is InChI=1S/C17H17ClFN3O2/c18-15-16(10-2-3-10)21-22-17(15)13(23)6-9-1-4-14(12(19)5-9)24-11-7-20-8-11/h1,4-5,10-11,20H,2-3,6-8H2,(H,21,22). The molecule has 0 radical (unpaired) electrons. The average molecular weight is 350 g/mol. The number of benzene rings is 1. The summed E-state index contributed by atoms with van der Waals surface area (Å²) in [5.74, 6) is -0.0775. The van der Waals surface area contributed by atoms with Gasteiger partial charge < -0.3 is 10.1 Å². The Balaban J connectivity index is 1.46. The maximum atomic E-state index is 14.1. The lowest BCUT2D eigenvalue weighted by Gasteiger charge is -2.27. The van der Waals surface area contributed by atoms with Gasteiger partial charge >= 0.3 is 0 Å². The molecule has 2 N–H and O–H groups in total. The van der Waals surface area contributed by atoms with E-state index in [1.807, 2.05) is 0 Å². The predicted molar refractivity (Wildman–Crippen MR) is 87.3 cm³/mol. The highest BCUT2D eigenvalue weighted by molar-refractivity contribution is 6.34. The van der Waals surface area contributed by atoms with Gasteiger partial charge in [0.15, 0.2) is 17.3 Å². The van der Waals surface area contributed by atoms with Gasteiger partial charge in [0, 0.05) is 25.4 Å². The molecule has 1 saturated carbocycles. The Hall–Kier alpha value is -1.92. The zero-order chi connectivity index (χ0) is 16.7. The summed E-state index contributed by atoms with van der Waals surface area (Å²) < 4.78 is 19.6. The van der Waals surface area contributed by atoms with Gasteiger partial charge in [-0.05, 0) is 30.5 Å². The minimum absolute atomic E-state index is 0.00990. The summed E-state index contributed by atoms with van der Waals surface area (Å²) in [5, 5.41) is 10.4. The molecule has 1 aromatic carbocycles. The maximum absolute atomic E-state index is 14.1. The highest BCUT2D eigenvalue weighted by Gasteiger charge is 2.30. The number of ketones is 1. The Labute approximate surface area is 143 Å². The van der Waals surface area contributed by atoms with Gasteiger partial charge in [-0.2, -0.15) is 5.10 Å². The number of aromatic nitrogens is 2. The molecule has 0 unspecified atom stereocenters. The molecular weight excluding hydrogens is 333 g/mol. The number of ether oxygens (including phenoxy) is 1. The molecule has 2 aliphatic rings. The second kappa shape index (κ2) is 6.18. The number of hydrogen-bond acceptors (Lipinski definition) is 4. The van der Waals surface area contributed by atoms with Crippen LogP contribution in [0.3, 0.4) is 0 Å². The van der Waals surface area contributed by atoms with Gasteiger partial charge in [0.25, 0.3) is 0 Å². The number of aromatic amines is 1. The maximum Gasteiger partial charge on any atom is 0.188 e. The van der Waals surface area contributed by atoms with Crippen molar-refractivity contribution in [3.05, 3.63) is 46.0 Å². The molecule has 2 aromatic rings. The Kier molecular flexibility index (Phi) is 4.02. The van der Waals surface area contributed by atoms with Crippen LogP contribution in [-0.4, -0.2) is 35.2 Å². The molecule has 24 heavy (non-hydrogen) atoms. The van der Waals surface area contributed by atoms with Crippen molar-refractivity contribution in [2.24, 2.45) is 0 Å². The molecule has 2 fully saturated rings. The van der Waals surface area contributed by atoms with Crippen LogP contribution >= 0.6 is 11.6 Å². The summed E-state index contributed by atoms with van der Waals surface area (Å²) in [7, 11) is 0. The number of H-pyrrole nitrogens is 1. The van der Waals surface area contributed by atoms with Gasteiger partial charge in [0.05, 0.1) is 10.7 Å². The summed E-state index contributed by atoms with van der Waals surface area (Å²) in [6, 6.07) is 4.60. The van der Waals surface area contributed by atoms with Crippen molar-refractivity contribution in [2.45, 2.75) is 31.3 Å². The SMILES string of the molecule is O=C(Cc1ccc(OC2CNC2)c(F)c1)c1n[nH]c(C2CC2)c1Cl. The monoisotopic (exact) mass is 349 g/mol. The molecule has 0 bridgehead atoms. The molecule has 4 rings (SSSR count). The topological polar surface area (TPSA) is 67.0 Å². The van der Waals surface area contributed by atoms with Crippen molar-refractivity contribution < 1.29 is 13.9 Å². The zero-order valence-corrected chi connectivity index (χ0v) is 13.7. The van der Waals surface area contributed by atoms with E-state index >= 15 is 0 Å². The first-order valence-corrected chi connectivity index (χ1v) is 8.42. The van der Waals surface area contributed by atoms with Crippen molar-refractivity contribution in [2.75, 3.05) is 13.1 Å². The molecular formula is C17H17ClFN3O2. The average Bonchev–Trinajstić information content (AvgIpc) is 3.27. The molecule has 1 saturated heterocycles. The van der Waals surface area contributed by atoms with Gasteiger partial charge in [0.2, 0.25) is 0 Å². The van der Waals surface area contributed by atoms with Crippen LogP contribution in [-0.2, 0) is 6.42 Å². The lowest BCUT2D eigenvalue weighted by atomic mass is 10.1. The number of carbonyl (C=O) groups is 1. The number of nitrogens with one attached hydrogen (secondary N) is 2. The van der Waals surface area contributed by atoms with Crippen molar-refractivity contribution >= 4 is 17.4 Å². The lowest BCUT2D eigenvalue weighted by molar-refractivity contribution is 0.0988. The zero-order valence-electron chi connectivity index (χ0n) is 12.9. The highest BCUT2D eigenvalue weighted by Crippen LogP contribution is 2.42. The Morgan fingerprint density at radius 3 is 2.79 bits per heavy atom. The van der Waals surface area contributed by atoms with E-state index in [0.29, 0.717) is 16.5 Å². The van der Waals surface area contributed by atoms with Crippen LogP contribution in [0.25, 0.3) is 0 Å². The minimum Gasteiger partial charge on any atom is -0.485 e. The minimum atomic E-state index is -0.459. The molecule has 2 heterocycles. The van der Waals surface area contributed by atoms with E-state index in [-0.39, 0.29) is 29.8 Å². The Bertz CT molecular complexity index is 784. The Morgan fingerprint density at radius 1 is 1.38 bits per heavy atom. The summed E-state index contributed by atoms with van der Waals surface area (Å²) in [4.78, 5) is 12.4. The fraction of sp³-hybridized carbons (Fsp3) is 0.412. The third-order valence-electron chi connectivity index (χ3n) is 4.38. The second-order valence-electron chi connectivity index (χ2n) is 6.34. The van der Waals surface area contributed by atoms with Crippen LogP contribution in [0.15, 0.2) is 18.2 Å². The number of carbonyl (C=O) groups excluding carboxylic acids is 1. The molecule has 1 aliphatic heterocycles. The van der Waals surface area contributed by atoms with Gasteiger partial charge in [-0.25, -0.2) is 4.39 Å². The number of nitrogens with zero attached hydrogens (tertiary/aromatic N) is 1. The quantitative estimate of drug-likeness (QED) is 0.787. The van der Waals surface area contributed by atoms with Gasteiger partial charge in [-0.15, -0.1) is 0 Å². The highest BCUT2D eigenvalue weighted by atomic mass is 35.5. The first-order chi connectivity index (χ1) is 11.6. The van der Waals surface area contributed by atoms with Gasteiger partial charge in [0.1, 0.15) is 11.8 Å². The van der Waals surface area contributed by atoms with E-state index < -0.39 is 5.82 Å². The summed E-state index contributed by atoms with van der Waals surface area (Å²) in [5.41, 5.74) is 1.65. The smallest absolute Gasteiger partial charge is 0.188 e. The number of halogens is 2. The first-order valence-electron chi connectivity index (χ1n) is 8.04. The van der Waals surface area contributed by atoms with E-state index in [1.165, 1.54) is 6.07 Å². The van der Waals surface area contributed by atoms with E-state index in [9.17, 15) is 9.18 Å². The number of Topliss-reactive ketones (excluding diaryl/α,β-unsaturated/α-hetero) is 1. The number of rotatable bonds is 6. The van der Waals surface area contributed by atoms with E-state index in [4.69, 9.17) is 16.3 Å². The number of hydrogen-bond donors (Lipinski definition) is 2. The second-order valence-corrected chi connectivity index (χ2v) is 6.71. The summed E-state index contributed by atoms with van der Waals surface area (Å²) in [6.07, 6.45) is 2.20. The largest absolute Gasteiger partial charge is 0.485 e.